The molecule has 0 saturated heterocycles. The van der Waals surface area contributed by atoms with Gasteiger partial charge in [-0.25, -0.2) is 0 Å². The third-order valence-corrected chi connectivity index (χ3v) is 3.88. The molecule has 0 bridgehead atoms. The third-order valence-electron chi connectivity index (χ3n) is 3.88. The lowest BCUT2D eigenvalue weighted by Gasteiger charge is -2.20. The summed E-state index contributed by atoms with van der Waals surface area (Å²) in [6, 6.07) is 19.8. The molecule has 2 aromatic rings. The van der Waals surface area contributed by atoms with Crippen LogP contribution in [-0.2, 0) is 4.74 Å². The van der Waals surface area contributed by atoms with Crippen LogP contribution in [-0.4, -0.2) is 18.3 Å². The Labute approximate surface area is 145 Å². The van der Waals surface area contributed by atoms with Crippen molar-refractivity contribution in [1.29, 1.82) is 0 Å². The average molecular weight is 328 g/mol. The first-order valence-electron chi connectivity index (χ1n) is 8.89. The first-order chi connectivity index (χ1) is 11.9. The van der Waals surface area contributed by atoms with Gasteiger partial charge >= 0.3 is 0 Å². The van der Waals surface area contributed by atoms with Gasteiger partial charge in [-0.05, 0) is 25.0 Å². The van der Waals surface area contributed by atoms with Gasteiger partial charge in [0, 0.05) is 12.2 Å². The number of benzene rings is 2. The molecule has 3 nitrogen and oxygen atoms in total. The van der Waals surface area contributed by atoms with Crippen molar-refractivity contribution >= 4 is 0 Å². The molecule has 0 fully saturated rings. The van der Waals surface area contributed by atoms with Crippen molar-refractivity contribution in [3.63, 3.8) is 0 Å². The zero-order chi connectivity index (χ0) is 16.9. The van der Waals surface area contributed by atoms with E-state index in [1.54, 1.807) is 0 Å². The lowest BCUT2D eigenvalue weighted by Crippen LogP contribution is -2.12. The highest BCUT2D eigenvalue weighted by molar-refractivity contribution is 5.23. The first kappa shape index (κ1) is 18.5. The monoisotopic (exact) mass is 328 g/mol. The van der Waals surface area contributed by atoms with Gasteiger partial charge in [0.1, 0.15) is 5.75 Å². The van der Waals surface area contributed by atoms with E-state index in [1.807, 2.05) is 60.7 Å². The number of hydrogen-bond acceptors (Lipinski definition) is 3. The second kappa shape index (κ2) is 11.7. The maximum Gasteiger partial charge on any atom is 0.226 e. The highest BCUT2D eigenvalue weighted by Crippen LogP contribution is 2.23. The number of unbranched alkanes of at least 4 members (excludes halogenated alkanes) is 5. The molecule has 1 unspecified atom stereocenters. The molecule has 0 aliphatic heterocycles. The van der Waals surface area contributed by atoms with Gasteiger partial charge in [-0.2, -0.15) is 0 Å². The summed E-state index contributed by atoms with van der Waals surface area (Å²) in [5.74, 6) is 0.815. The highest BCUT2D eigenvalue weighted by Gasteiger charge is 2.13. The van der Waals surface area contributed by atoms with Crippen LogP contribution < -0.4 is 4.74 Å². The standard InChI is InChI=1S/C21H28O3/c22-17-11-3-1-2-4-12-18-23-21(19-13-7-5-8-14-19)24-20-15-9-6-10-16-20/h5-10,13-16,21-22H,1-4,11-12,17-18H2. The Bertz CT molecular complexity index is 527. The average Bonchev–Trinajstić information content (AvgIpc) is 2.64. The van der Waals surface area contributed by atoms with Crippen molar-refractivity contribution in [3.8, 4) is 5.75 Å². The fourth-order valence-electron chi connectivity index (χ4n) is 2.54. The van der Waals surface area contributed by atoms with E-state index in [9.17, 15) is 0 Å². The number of aliphatic hydroxyl groups is 1. The van der Waals surface area contributed by atoms with Gasteiger partial charge in [0.05, 0.1) is 6.61 Å². The summed E-state index contributed by atoms with van der Waals surface area (Å²) in [7, 11) is 0. The molecule has 0 aliphatic rings. The summed E-state index contributed by atoms with van der Waals surface area (Å²) < 4.78 is 12.0. The zero-order valence-corrected chi connectivity index (χ0v) is 14.3. The predicted molar refractivity (Wildman–Crippen MR) is 97.0 cm³/mol. The van der Waals surface area contributed by atoms with Crippen LogP contribution in [0.25, 0.3) is 0 Å². The molecule has 0 amide bonds. The quantitative estimate of drug-likeness (QED) is 0.434. The van der Waals surface area contributed by atoms with Crippen LogP contribution in [0.2, 0.25) is 0 Å². The molecule has 0 radical (unpaired) electrons. The zero-order valence-electron chi connectivity index (χ0n) is 14.3. The minimum atomic E-state index is -0.372. The Hall–Kier alpha value is -1.84. The fraction of sp³-hybridized carbons (Fsp3) is 0.429. The summed E-state index contributed by atoms with van der Waals surface area (Å²) in [5, 5.41) is 8.76. The minimum Gasteiger partial charge on any atom is -0.461 e. The molecule has 0 aliphatic carbocycles. The Kier molecular flexibility index (Phi) is 8.99. The minimum absolute atomic E-state index is 0.304. The summed E-state index contributed by atoms with van der Waals surface area (Å²) in [4.78, 5) is 0. The SMILES string of the molecule is OCCCCCCCCOC(Oc1ccccc1)c1ccccc1. The summed E-state index contributed by atoms with van der Waals surface area (Å²) in [5.41, 5.74) is 1.03. The number of para-hydroxylation sites is 1. The van der Waals surface area contributed by atoms with Gasteiger partial charge < -0.3 is 14.6 Å². The lowest BCUT2D eigenvalue weighted by atomic mass is 10.1. The number of hydrogen-bond donors (Lipinski definition) is 1. The second-order valence-corrected chi connectivity index (χ2v) is 5.89. The Balaban J connectivity index is 1.77. The molecule has 0 aromatic heterocycles. The maximum atomic E-state index is 8.76. The van der Waals surface area contributed by atoms with E-state index in [2.05, 4.69) is 0 Å². The van der Waals surface area contributed by atoms with Crippen LogP contribution >= 0.6 is 0 Å². The fourth-order valence-corrected chi connectivity index (χ4v) is 2.54. The number of ether oxygens (including phenoxy) is 2. The van der Waals surface area contributed by atoms with Crippen LogP contribution in [0.4, 0.5) is 0 Å². The Morgan fingerprint density at radius 3 is 1.96 bits per heavy atom. The van der Waals surface area contributed by atoms with E-state index in [4.69, 9.17) is 14.6 Å². The molecule has 0 saturated carbocycles. The van der Waals surface area contributed by atoms with E-state index in [0.717, 1.165) is 37.0 Å². The summed E-state index contributed by atoms with van der Waals surface area (Å²) >= 11 is 0. The molecule has 0 spiro atoms. The van der Waals surface area contributed by atoms with E-state index < -0.39 is 0 Å². The lowest BCUT2D eigenvalue weighted by molar-refractivity contribution is -0.0846. The molecule has 130 valence electrons. The van der Waals surface area contributed by atoms with Crippen molar-refractivity contribution in [1.82, 2.24) is 0 Å². The van der Waals surface area contributed by atoms with Crippen molar-refractivity contribution in [2.75, 3.05) is 13.2 Å². The highest BCUT2D eigenvalue weighted by atomic mass is 16.7. The Morgan fingerprint density at radius 1 is 0.708 bits per heavy atom. The number of rotatable bonds is 12. The molecule has 2 aromatic carbocycles. The van der Waals surface area contributed by atoms with Crippen molar-refractivity contribution < 1.29 is 14.6 Å². The van der Waals surface area contributed by atoms with Gasteiger partial charge in [0.2, 0.25) is 6.29 Å². The smallest absolute Gasteiger partial charge is 0.226 e. The van der Waals surface area contributed by atoms with Gasteiger partial charge in [-0.3, -0.25) is 0 Å². The molecular formula is C21H28O3. The van der Waals surface area contributed by atoms with E-state index in [1.165, 1.54) is 12.8 Å². The molecular weight excluding hydrogens is 300 g/mol. The van der Waals surface area contributed by atoms with Crippen LogP contribution in [0.3, 0.4) is 0 Å². The summed E-state index contributed by atoms with van der Waals surface area (Å²) in [6.45, 7) is 0.991. The molecule has 0 heterocycles. The predicted octanol–water partition coefficient (Wildman–Crippen LogP) is 5.11. The van der Waals surface area contributed by atoms with Gasteiger partial charge in [0.25, 0.3) is 0 Å². The molecule has 1 N–H and O–H groups in total. The molecule has 24 heavy (non-hydrogen) atoms. The summed E-state index contributed by atoms with van der Waals surface area (Å²) in [6.07, 6.45) is 6.21. The van der Waals surface area contributed by atoms with Crippen LogP contribution in [0.1, 0.15) is 50.4 Å². The van der Waals surface area contributed by atoms with Gasteiger partial charge in [-0.1, -0.05) is 74.2 Å². The topological polar surface area (TPSA) is 38.7 Å². The van der Waals surface area contributed by atoms with Crippen LogP contribution in [0.5, 0.6) is 5.75 Å². The van der Waals surface area contributed by atoms with Gasteiger partial charge in [-0.15, -0.1) is 0 Å². The number of aliphatic hydroxyl groups excluding tert-OH is 1. The molecule has 2 rings (SSSR count). The Morgan fingerprint density at radius 2 is 1.29 bits per heavy atom. The van der Waals surface area contributed by atoms with Crippen molar-refractivity contribution in [2.24, 2.45) is 0 Å². The largest absolute Gasteiger partial charge is 0.461 e. The maximum absolute atomic E-state index is 8.76. The van der Waals surface area contributed by atoms with E-state index in [0.29, 0.717) is 13.2 Å². The molecule has 3 heteroatoms. The van der Waals surface area contributed by atoms with E-state index >= 15 is 0 Å². The second-order valence-electron chi connectivity index (χ2n) is 5.89. The van der Waals surface area contributed by atoms with Gasteiger partial charge in [0.15, 0.2) is 0 Å². The normalized spacial score (nSPS) is 12.0. The van der Waals surface area contributed by atoms with E-state index in [-0.39, 0.29) is 6.29 Å². The van der Waals surface area contributed by atoms with Crippen LogP contribution in [0, 0.1) is 0 Å². The van der Waals surface area contributed by atoms with Crippen molar-refractivity contribution in [2.45, 2.75) is 44.8 Å². The van der Waals surface area contributed by atoms with Crippen LogP contribution in [0.15, 0.2) is 60.7 Å². The third kappa shape index (κ3) is 7.16. The van der Waals surface area contributed by atoms with Crippen molar-refractivity contribution in [3.05, 3.63) is 66.2 Å². The first-order valence-corrected chi connectivity index (χ1v) is 8.89. The molecule has 1 atom stereocenters.